The van der Waals surface area contributed by atoms with E-state index >= 15 is 0 Å². The van der Waals surface area contributed by atoms with Crippen LogP contribution in [0.15, 0.2) is 35.9 Å². The summed E-state index contributed by atoms with van der Waals surface area (Å²) in [6, 6.07) is 6.96. The molecule has 0 aromatic heterocycles. The predicted octanol–water partition coefficient (Wildman–Crippen LogP) is 3.01. The van der Waals surface area contributed by atoms with Crippen LogP contribution >= 0.6 is 0 Å². The Morgan fingerprint density at radius 1 is 1.11 bits per heavy atom. The Morgan fingerprint density at radius 3 is 2.68 bits per heavy atom. The van der Waals surface area contributed by atoms with Gasteiger partial charge in [-0.2, -0.15) is 0 Å². The number of benzene rings is 1. The first kappa shape index (κ1) is 20.6. The summed E-state index contributed by atoms with van der Waals surface area (Å²) in [6.07, 6.45) is 10.5. The van der Waals surface area contributed by atoms with Gasteiger partial charge >= 0.3 is 0 Å². The fraction of sp³-hybridized carbons (Fsp3) is 0.545. The van der Waals surface area contributed by atoms with Crippen LogP contribution in [-0.2, 0) is 9.53 Å². The molecule has 1 aromatic carbocycles. The van der Waals surface area contributed by atoms with Crippen molar-refractivity contribution < 1.29 is 14.3 Å². The molecule has 2 amide bonds. The van der Waals surface area contributed by atoms with E-state index in [-0.39, 0.29) is 24.5 Å². The van der Waals surface area contributed by atoms with Crippen LogP contribution in [0.25, 0.3) is 0 Å². The van der Waals surface area contributed by atoms with Crippen molar-refractivity contribution in [1.29, 1.82) is 0 Å². The van der Waals surface area contributed by atoms with Gasteiger partial charge in [0.05, 0.1) is 12.6 Å². The molecule has 152 valence electrons. The Labute approximate surface area is 167 Å². The lowest BCUT2D eigenvalue weighted by Crippen LogP contribution is -2.31. The number of allylic oxidation sites excluding steroid dienone is 1. The van der Waals surface area contributed by atoms with E-state index in [1.54, 1.807) is 24.3 Å². The number of hydrogen-bond acceptors (Lipinski definition) is 4. The van der Waals surface area contributed by atoms with E-state index in [1.807, 2.05) is 0 Å². The lowest BCUT2D eigenvalue weighted by Gasteiger charge is -2.13. The molecular formula is C22H31N3O3. The quantitative estimate of drug-likeness (QED) is 0.451. The summed E-state index contributed by atoms with van der Waals surface area (Å²) in [5.74, 6) is -0.194. The van der Waals surface area contributed by atoms with Gasteiger partial charge in [-0.15, -0.1) is 0 Å². The fourth-order valence-corrected chi connectivity index (χ4v) is 3.61. The Balaban J connectivity index is 1.34. The van der Waals surface area contributed by atoms with Crippen molar-refractivity contribution in [2.75, 3.05) is 31.6 Å². The van der Waals surface area contributed by atoms with Gasteiger partial charge in [0.15, 0.2) is 0 Å². The Bertz CT molecular complexity index is 679. The third kappa shape index (κ3) is 6.77. The van der Waals surface area contributed by atoms with Crippen molar-refractivity contribution in [3.63, 3.8) is 0 Å². The largest absolute Gasteiger partial charge is 0.376 e. The second-order valence-corrected chi connectivity index (χ2v) is 7.51. The topological polar surface area (TPSA) is 79.5 Å². The van der Waals surface area contributed by atoms with Crippen LogP contribution in [0.5, 0.6) is 0 Å². The molecule has 1 aliphatic heterocycles. The van der Waals surface area contributed by atoms with E-state index in [1.165, 1.54) is 31.3 Å². The second kappa shape index (κ2) is 11.0. The molecule has 0 radical (unpaired) electrons. The van der Waals surface area contributed by atoms with Crippen molar-refractivity contribution in [2.24, 2.45) is 0 Å². The van der Waals surface area contributed by atoms with Gasteiger partial charge in [0.1, 0.15) is 0 Å². The predicted molar refractivity (Wildman–Crippen MR) is 110 cm³/mol. The van der Waals surface area contributed by atoms with Gasteiger partial charge in [0, 0.05) is 24.4 Å². The second-order valence-electron chi connectivity index (χ2n) is 7.51. The molecule has 1 aromatic rings. The van der Waals surface area contributed by atoms with Crippen molar-refractivity contribution in [3.8, 4) is 0 Å². The molecule has 1 unspecified atom stereocenters. The fourth-order valence-electron chi connectivity index (χ4n) is 3.61. The van der Waals surface area contributed by atoms with Gasteiger partial charge in [-0.25, -0.2) is 0 Å². The average molecular weight is 386 g/mol. The lowest BCUT2D eigenvalue weighted by atomic mass is 9.97. The summed E-state index contributed by atoms with van der Waals surface area (Å²) in [5.41, 5.74) is 2.78. The zero-order valence-electron chi connectivity index (χ0n) is 16.5. The molecule has 0 spiro atoms. The van der Waals surface area contributed by atoms with Crippen molar-refractivity contribution in [1.82, 2.24) is 10.6 Å². The molecule has 3 rings (SSSR count). The van der Waals surface area contributed by atoms with E-state index in [0.717, 1.165) is 32.4 Å². The monoisotopic (exact) mass is 385 g/mol. The van der Waals surface area contributed by atoms with E-state index < -0.39 is 0 Å². The average Bonchev–Trinajstić information content (AvgIpc) is 3.24. The molecule has 1 fully saturated rings. The zero-order chi connectivity index (χ0) is 19.6. The SMILES string of the molecule is O=C(CNCCC1=CCCCC1)Nc1ccc(C(=O)NCC2CCCO2)cc1. The molecule has 6 nitrogen and oxygen atoms in total. The number of ether oxygens (including phenoxy) is 1. The number of carbonyl (C=O) groups excluding carboxylic acids is 2. The molecule has 1 heterocycles. The highest BCUT2D eigenvalue weighted by Crippen LogP contribution is 2.19. The number of rotatable bonds is 9. The summed E-state index contributed by atoms with van der Waals surface area (Å²) in [5, 5.41) is 8.95. The minimum Gasteiger partial charge on any atom is -0.376 e. The summed E-state index contributed by atoms with van der Waals surface area (Å²) in [7, 11) is 0. The third-order valence-electron chi connectivity index (χ3n) is 5.24. The Hall–Kier alpha value is -2.18. The molecule has 1 saturated heterocycles. The summed E-state index contributed by atoms with van der Waals surface area (Å²) < 4.78 is 5.51. The molecule has 1 aliphatic carbocycles. The maximum absolute atomic E-state index is 12.2. The number of carbonyl (C=O) groups is 2. The van der Waals surface area contributed by atoms with Gasteiger partial charge in [0.2, 0.25) is 5.91 Å². The summed E-state index contributed by atoms with van der Waals surface area (Å²) in [6.45, 7) is 2.43. The van der Waals surface area contributed by atoms with Crippen molar-refractivity contribution >= 4 is 17.5 Å². The molecule has 3 N–H and O–H groups in total. The number of anilines is 1. The maximum Gasteiger partial charge on any atom is 0.251 e. The van der Waals surface area contributed by atoms with Crippen LogP contribution in [-0.4, -0.2) is 44.2 Å². The van der Waals surface area contributed by atoms with Gasteiger partial charge in [0.25, 0.3) is 5.91 Å². The normalized spacial score (nSPS) is 19.1. The van der Waals surface area contributed by atoms with E-state index in [2.05, 4.69) is 22.0 Å². The van der Waals surface area contributed by atoms with Gasteiger partial charge in [-0.05, 0) is 75.8 Å². The van der Waals surface area contributed by atoms with Crippen LogP contribution in [0.3, 0.4) is 0 Å². The summed E-state index contributed by atoms with van der Waals surface area (Å²) in [4.78, 5) is 24.2. The van der Waals surface area contributed by atoms with E-state index in [0.29, 0.717) is 17.8 Å². The molecule has 0 bridgehead atoms. The first-order chi connectivity index (χ1) is 13.7. The minimum absolute atomic E-state index is 0.0757. The number of amides is 2. The number of nitrogens with one attached hydrogen (secondary N) is 3. The molecule has 2 aliphatic rings. The van der Waals surface area contributed by atoms with Crippen LogP contribution in [0.1, 0.15) is 55.3 Å². The van der Waals surface area contributed by atoms with Gasteiger partial charge in [-0.1, -0.05) is 11.6 Å². The van der Waals surface area contributed by atoms with E-state index in [4.69, 9.17) is 4.74 Å². The van der Waals surface area contributed by atoms with Crippen LogP contribution in [0, 0.1) is 0 Å². The lowest BCUT2D eigenvalue weighted by molar-refractivity contribution is -0.115. The molecule has 1 atom stereocenters. The highest BCUT2D eigenvalue weighted by Gasteiger charge is 2.16. The number of hydrogen-bond donors (Lipinski definition) is 3. The van der Waals surface area contributed by atoms with Crippen LogP contribution in [0.4, 0.5) is 5.69 Å². The highest BCUT2D eigenvalue weighted by molar-refractivity contribution is 5.96. The highest BCUT2D eigenvalue weighted by atomic mass is 16.5. The molecule has 6 heteroatoms. The standard InChI is InChI=1S/C22H31N3O3/c26-21(16-23-13-12-17-5-2-1-3-6-17)25-19-10-8-18(9-11-19)22(27)24-15-20-7-4-14-28-20/h5,8-11,20,23H,1-4,6-7,12-16H2,(H,24,27)(H,25,26). The van der Waals surface area contributed by atoms with E-state index in [9.17, 15) is 9.59 Å². The first-order valence-electron chi connectivity index (χ1n) is 10.4. The van der Waals surface area contributed by atoms with Crippen molar-refractivity contribution in [3.05, 3.63) is 41.5 Å². The van der Waals surface area contributed by atoms with Crippen LogP contribution in [0.2, 0.25) is 0 Å². The Kier molecular flexibility index (Phi) is 8.06. The minimum atomic E-state index is -0.118. The first-order valence-corrected chi connectivity index (χ1v) is 10.4. The maximum atomic E-state index is 12.2. The molecule has 0 saturated carbocycles. The van der Waals surface area contributed by atoms with Gasteiger partial charge < -0.3 is 20.7 Å². The third-order valence-corrected chi connectivity index (χ3v) is 5.24. The smallest absolute Gasteiger partial charge is 0.251 e. The Morgan fingerprint density at radius 2 is 1.96 bits per heavy atom. The molecule has 28 heavy (non-hydrogen) atoms. The van der Waals surface area contributed by atoms with Crippen molar-refractivity contribution in [2.45, 2.75) is 51.0 Å². The van der Waals surface area contributed by atoms with Gasteiger partial charge in [-0.3, -0.25) is 9.59 Å². The zero-order valence-corrected chi connectivity index (χ0v) is 16.5. The van der Waals surface area contributed by atoms with Crippen LogP contribution < -0.4 is 16.0 Å². The summed E-state index contributed by atoms with van der Waals surface area (Å²) >= 11 is 0. The molecular weight excluding hydrogens is 354 g/mol.